The molecule has 2 heteroatoms. The van der Waals surface area contributed by atoms with E-state index in [2.05, 4.69) is 13.0 Å². The van der Waals surface area contributed by atoms with Gasteiger partial charge in [0.1, 0.15) is 6.10 Å². The van der Waals surface area contributed by atoms with Gasteiger partial charge in [-0.25, -0.2) is 4.79 Å². The lowest BCUT2D eigenvalue weighted by Gasteiger charge is -2.00. The van der Waals surface area contributed by atoms with Crippen molar-refractivity contribution in [1.29, 1.82) is 0 Å². The fourth-order valence-corrected chi connectivity index (χ4v) is 1.41. The SMILES string of the molecule is CCCCCC/C=C/C1C=CC(=O)O1. The van der Waals surface area contributed by atoms with Crippen molar-refractivity contribution in [1.82, 2.24) is 0 Å². The quantitative estimate of drug-likeness (QED) is 0.369. The molecule has 1 aliphatic rings. The van der Waals surface area contributed by atoms with E-state index in [1.165, 1.54) is 31.8 Å². The van der Waals surface area contributed by atoms with Crippen LogP contribution in [0.15, 0.2) is 24.3 Å². The number of hydrogen-bond donors (Lipinski definition) is 0. The summed E-state index contributed by atoms with van der Waals surface area (Å²) in [5.74, 6) is -0.231. The molecule has 0 N–H and O–H groups in total. The van der Waals surface area contributed by atoms with Gasteiger partial charge in [-0.05, 0) is 25.0 Å². The van der Waals surface area contributed by atoms with Gasteiger partial charge in [-0.3, -0.25) is 0 Å². The third-order valence-corrected chi connectivity index (χ3v) is 2.22. The molecule has 0 aromatic carbocycles. The molecule has 1 rings (SSSR count). The molecule has 1 aliphatic heterocycles. The highest BCUT2D eigenvalue weighted by atomic mass is 16.5. The van der Waals surface area contributed by atoms with Crippen LogP contribution in [0.4, 0.5) is 0 Å². The summed E-state index contributed by atoms with van der Waals surface area (Å²) in [5, 5.41) is 0. The molecule has 78 valence electrons. The molecule has 0 amide bonds. The van der Waals surface area contributed by atoms with Crippen LogP contribution in [-0.4, -0.2) is 12.1 Å². The van der Waals surface area contributed by atoms with E-state index in [-0.39, 0.29) is 12.1 Å². The van der Waals surface area contributed by atoms with E-state index in [0.717, 1.165) is 6.42 Å². The van der Waals surface area contributed by atoms with Crippen LogP contribution in [0.25, 0.3) is 0 Å². The van der Waals surface area contributed by atoms with Gasteiger partial charge in [0.15, 0.2) is 0 Å². The highest BCUT2D eigenvalue weighted by molar-refractivity contribution is 5.84. The van der Waals surface area contributed by atoms with Gasteiger partial charge in [0.05, 0.1) is 0 Å². The molecule has 0 radical (unpaired) electrons. The third kappa shape index (κ3) is 4.26. The summed E-state index contributed by atoms with van der Waals surface area (Å²) in [6.07, 6.45) is 13.4. The van der Waals surface area contributed by atoms with E-state index in [0.29, 0.717) is 0 Å². The largest absolute Gasteiger partial charge is 0.451 e. The van der Waals surface area contributed by atoms with Gasteiger partial charge in [0, 0.05) is 6.08 Å². The Morgan fingerprint density at radius 2 is 2.29 bits per heavy atom. The number of carbonyl (C=O) groups is 1. The molecular weight excluding hydrogens is 176 g/mol. The minimum absolute atomic E-state index is 0.117. The molecule has 0 saturated carbocycles. The number of cyclic esters (lactones) is 1. The Kier molecular flexibility index (Phi) is 5.05. The van der Waals surface area contributed by atoms with Crippen LogP contribution in [0.3, 0.4) is 0 Å². The van der Waals surface area contributed by atoms with Crippen LogP contribution in [0.1, 0.15) is 39.0 Å². The summed E-state index contributed by atoms with van der Waals surface area (Å²) in [4.78, 5) is 10.7. The number of unbranched alkanes of at least 4 members (excludes halogenated alkanes) is 4. The summed E-state index contributed by atoms with van der Waals surface area (Å²) >= 11 is 0. The molecule has 0 aliphatic carbocycles. The summed E-state index contributed by atoms with van der Waals surface area (Å²) in [6.45, 7) is 2.21. The van der Waals surface area contributed by atoms with E-state index in [9.17, 15) is 4.79 Å². The average Bonchev–Trinajstić information content (AvgIpc) is 2.58. The fraction of sp³-hybridized carbons (Fsp3) is 0.583. The van der Waals surface area contributed by atoms with Crippen molar-refractivity contribution in [2.24, 2.45) is 0 Å². The average molecular weight is 194 g/mol. The number of esters is 1. The second kappa shape index (κ2) is 6.41. The van der Waals surface area contributed by atoms with Gasteiger partial charge < -0.3 is 4.74 Å². The maximum absolute atomic E-state index is 10.7. The first-order chi connectivity index (χ1) is 6.83. The first-order valence-corrected chi connectivity index (χ1v) is 5.38. The molecule has 0 aromatic rings. The van der Waals surface area contributed by atoms with Crippen molar-refractivity contribution in [2.75, 3.05) is 0 Å². The highest BCUT2D eigenvalue weighted by Crippen LogP contribution is 2.08. The van der Waals surface area contributed by atoms with Gasteiger partial charge in [-0.15, -0.1) is 0 Å². The lowest BCUT2D eigenvalue weighted by molar-refractivity contribution is -0.137. The number of allylic oxidation sites excluding steroid dienone is 1. The van der Waals surface area contributed by atoms with Gasteiger partial charge in [-0.2, -0.15) is 0 Å². The minimum Gasteiger partial charge on any atom is -0.451 e. The summed E-state index contributed by atoms with van der Waals surface area (Å²) in [5.41, 5.74) is 0. The summed E-state index contributed by atoms with van der Waals surface area (Å²) in [6, 6.07) is 0. The predicted molar refractivity (Wildman–Crippen MR) is 56.9 cm³/mol. The molecule has 0 spiro atoms. The van der Waals surface area contributed by atoms with E-state index in [4.69, 9.17) is 4.74 Å². The van der Waals surface area contributed by atoms with Crippen LogP contribution in [0, 0.1) is 0 Å². The lowest BCUT2D eigenvalue weighted by Crippen LogP contribution is -2.03. The standard InChI is InChI=1S/C12H18O2/c1-2-3-4-5-6-7-8-11-9-10-12(13)14-11/h7-11H,2-6H2,1H3/b8-7+. The topological polar surface area (TPSA) is 26.3 Å². The molecule has 0 fully saturated rings. The Hall–Kier alpha value is -1.05. The molecule has 1 unspecified atom stereocenters. The molecule has 1 heterocycles. The Balaban J connectivity index is 2.03. The smallest absolute Gasteiger partial charge is 0.331 e. The number of carbonyl (C=O) groups excluding carboxylic acids is 1. The number of rotatable bonds is 6. The fourth-order valence-electron chi connectivity index (χ4n) is 1.41. The van der Waals surface area contributed by atoms with Crippen molar-refractivity contribution in [2.45, 2.75) is 45.1 Å². The molecular formula is C12H18O2. The maximum Gasteiger partial charge on any atom is 0.331 e. The molecule has 0 bridgehead atoms. The molecule has 2 nitrogen and oxygen atoms in total. The van der Waals surface area contributed by atoms with Crippen LogP contribution in [-0.2, 0) is 9.53 Å². The molecule has 0 aromatic heterocycles. The summed E-state index contributed by atoms with van der Waals surface area (Å²) in [7, 11) is 0. The van der Waals surface area contributed by atoms with Crippen molar-refractivity contribution < 1.29 is 9.53 Å². The third-order valence-electron chi connectivity index (χ3n) is 2.22. The summed E-state index contributed by atoms with van der Waals surface area (Å²) < 4.78 is 4.95. The van der Waals surface area contributed by atoms with Gasteiger partial charge in [0.2, 0.25) is 0 Å². The molecule has 0 saturated heterocycles. The highest BCUT2D eigenvalue weighted by Gasteiger charge is 2.12. The second-order valence-electron chi connectivity index (χ2n) is 3.54. The van der Waals surface area contributed by atoms with Crippen molar-refractivity contribution in [3.63, 3.8) is 0 Å². The van der Waals surface area contributed by atoms with Gasteiger partial charge >= 0.3 is 5.97 Å². The predicted octanol–water partition coefficient (Wildman–Crippen LogP) is 2.99. The van der Waals surface area contributed by atoms with Crippen LogP contribution >= 0.6 is 0 Å². The lowest BCUT2D eigenvalue weighted by atomic mass is 10.1. The van der Waals surface area contributed by atoms with Crippen molar-refractivity contribution >= 4 is 5.97 Å². The normalized spacial score (nSPS) is 20.6. The maximum atomic E-state index is 10.7. The Bertz CT molecular complexity index is 228. The van der Waals surface area contributed by atoms with E-state index in [1.807, 2.05) is 6.08 Å². The first-order valence-electron chi connectivity index (χ1n) is 5.38. The van der Waals surface area contributed by atoms with Crippen molar-refractivity contribution in [3.05, 3.63) is 24.3 Å². The van der Waals surface area contributed by atoms with E-state index in [1.54, 1.807) is 6.08 Å². The Labute approximate surface area is 85.6 Å². The van der Waals surface area contributed by atoms with Crippen LogP contribution in [0.5, 0.6) is 0 Å². The number of ether oxygens (including phenoxy) is 1. The Morgan fingerprint density at radius 3 is 2.93 bits per heavy atom. The van der Waals surface area contributed by atoms with Crippen molar-refractivity contribution in [3.8, 4) is 0 Å². The molecule has 14 heavy (non-hydrogen) atoms. The first kappa shape index (κ1) is 11.0. The Morgan fingerprint density at radius 1 is 1.43 bits per heavy atom. The zero-order chi connectivity index (χ0) is 10.2. The zero-order valence-electron chi connectivity index (χ0n) is 8.74. The zero-order valence-corrected chi connectivity index (χ0v) is 8.74. The van der Waals surface area contributed by atoms with E-state index < -0.39 is 0 Å². The molecule has 1 atom stereocenters. The van der Waals surface area contributed by atoms with E-state index >= 15 is 0 Å². The van der Waals surface area contributed by atoms with Crippen LogP contribution < -0.4 is 0 Å². The van der Waals surface area contributed by atoms with Crippen LogP contribution in [0.2, 0.25) is 0 Å². The van der Waals surface area contributed by atoms with Gasteiger partial charge in [0.25, 0.3) is 0 Å². The van der Waals surface area contributed by atoms with Gasteiger partial charge in [-0.1, -0.05) is 32.3 Å². The number of hydrogen-bond acceptors (Lipinski definition) is 2. The second-order valence-corrected chi connectivity index (χ2v) is 3.54. The minimum atomic E-state index is -0.231. The monoisotopic (exact) mass is 194 g/mol.